The molecular weight excluding hydrogens is 308 g/mol. The molecule has 0 heterocycles. The van der Waals surface area contributed by atoms with E-state index in [0.29, 0.717) is 0 Å². The highest BCUT2D eigenvalue weighted by Gasteiger charge is 1.95. The number of hydrogen-bond donors (Lipinski definition) is 0. The zero-order valence-electron chi connectivity index (χ0n) is 16.0. The van der Waals surface area contributed by atoms with Crippen LogP contribution in [0.4, 0.5) is 0 Å². The lowest BCUT2D eigenvalue weighted by Gasteiger charge is -2.04. The molecule has 0 radical (unpaired) electrons. The van der Waals surface area contributed by atoms with Gasteiger partial charge in [0.05, 0.1) is 0 Å². The molecule has 128 valence electrons. The Bertz CT molecular complexity index is 634. The minimum atomic E-state index is 0.993. The molecule has 0 unspecified atom stereocenters. The van der Waals surface area contributed by atoms with Crippen LogP contribution >= 0.6 is 11.8 Å². The molecule has 0 amide bonds. The van der Waals surface area contributed by atoms with Gasteiger partial charge in [0.25, 0.3) is 0 Å². The fraction of sp³-hybridized carbons (Fsp3) is 0.391. The molecule has 0 aliphatic rings. The summed E-state index contributed by atoms with van der Waals surface area (Å²) in [6.45, 7) is 12.7. The molecule has 0 fully saturated rings. The van der Waals surface area contributed by atoms with Gasteiger partial charge in [-0.05, 0) is 79.7 Å². The molecule has 2 rings (SSSR count). The largest absolute Gasteiger partial charge is 0.0947 e. The van der Waals surface area contributed by atoms with E-state index in [1.807, 2.05) is 6.92 Å². The summed E-state index contributed by atoms with van der Waals surface area (Å²) >= 11 is 1.66. The highest BCUT2D eigenvalue weighted by Crippen LogP contribution is 2.14. The summed E-state index contributed by atoms with van der Waals surface area (Å²) in [5.74, 6) is 3.88. The van der Waals surface area contributed by atoms with Crippen molar-refractivity contribution < 1.29 is 0 Å². The van der Waals surface area contributed by atoms with Gasteiger partial charge in [0, 0.05) is 5.75 Å². The summed E-state index contributed by atoms with van der Waals surface area (Å²) in [6, 6.07) is 13.3. The average molecular weight is 339 g/mol. The van der Waals surface area contributed by atoms with Crippen LogP contribution in [0.1, 0.15) is 53.6 Å². The second-order valence-electron chi connectivity index (χ2n) is 6.23. The molecule has 0 saturated heterocycles. The van der Waals surface area contributed by atoms with Gasteiger partial charge in [-0.15, -0.1) is 0 Å². The normalized spacial score (nSPS) is 9.58. The first-order valence-corrected chi connectivity index (χ1v) is 9.62. The quantitative estimate of drug-likeness (QED) is 0.554. The Labute approximate surface area is 153 Å². The first-order chi connectivity index (χ1) is 11.5. The zero-order valence-corrected chi connectivity index (χ0v) is 16.8. The van der Waals surface area contributed by atoms with Gasteiger partial charge in [0.1, 0.15) is 0 Å². The number of aryl methyl sites for hydroxylation is 5. The van der Waals surface area contributed by atoms with Crippen molar-refractivity contribution in [2.75, 3.05) is 0 Å². The van der Waals surface area contributed by atoms with Crippen LogP contribution in [0.3, 0.4) is 0 Å². The highest BCUT2D eigenvalue weighted by molar-refractivity contribution is 8.03. The molecule has 24 heavy (non-hydrogen) atoms. The van der Waals surface area contributed by atoms with Gasteiger partial charge in [-0.1, -0.05) is 67.4 Å². The van der Waals surface area contributed by atoms with E-state index >= 15 is 0 Å². The maximum absolute atomic E-state index is 3.00. The third-order valence-electron chi connectivity index (χ3n) is 4.08. The lowest BCUT2D eigenvalue weighted by molar-refractivity contribution is 0.921. The van der Waals surface area contributed by atoms with E-state index in [4.69, 9.17) is 0 Å². The summed E-state index contributed by atoms with van der Waals surface area (Å²) in [4.78, 5) is 0. The highest BCUT2D eigenvalue weighted by atomic mass is 32.2. The van der Waals surface area contributed by atoms with E-state index in [9.17, 15) is 0 Å². The predicted octanol–water partition coefficient (Wildman–Crippen LogP) is 6.77. The Morgan fingerprint density at radius 1 is 0.792 bits per heavy atom. The minimum Gasteiger partial charge on any atom is -0.0947 e. The zero-order chi connectivity index (χ0) is 17.9. The molecular formula is C23H30S. The first-order valence-electron chi connectivity index (χ1n) is 8.63. The van der Waals surface area contributed by atoms with Crippen LogP contribution in [-0.2, 0) is 12.2 Å². The van der Waals surface area contributed by atoms with Crippen LogP contribution in [-0.4, -0.2) is 0 Å². The maximum atomic E-state index is 3.00. The molecule has 0 N–H and O–H groups in total. The third-order valence-corrected chi connectivity index (χ3v) is 4.91. The van der Waals surface area contributed by atoms with Gasteiger partial charge in [0.2, 0.25) is 0 Å². The first kappa shape index (κ1) is 20.4. The van der Waals surface area contributed by atoms with Gasteiger partial charge < -0.3 is 0 Å². The molecule has 0 aliphatic carbocycles. The van der Waals surface area contributed by atoms with E-state index in [2.05, 4.69) is 82.2 Å². The Kier molecular flexibility index (Phi) is 9.35. The summed E-state index contributed by atoms with van der Waals surface area (Å²) < 4.78 is 0. The Morgan fingerprint density at radius 2 is 1.25 bits per heavy atom. The SMILES string of the molecule is CC#CSCc1ccc(CCC)cc1.Cc1cc(C)c(C)cc1C. The number of hydrogen-bond acceptors (Lipinski definition) is 1. The number of thioether (sulfide) groups is 1. The molecule has 2 aromatic carbocycles. The van der Waals surface area contributed by atoms with Crippen molar-refractivity contribution in [2.45, 2.75) is 60.1 Å². The van der Waals surface area contributed by atoms with Gasteiger partial charge in [-0.3, -0.25) is 0 Å². The van der Waals surface area contributed by atoms with E-state index < -0.39 is 0 Å². The summed E-state index contributed by atoms with van der Waals surface area (Å²) in [7, 11) is 0. The van der Waals surface area contributed by atoms with Crippen LogP contribution in [0.2, 0.25) is 0 Å². The average Bonchev–Trinajstić information content (AvgIpc) is 2.56. The van der Waals surface area contributed by atoms with Crippen molar-refractivity contribution in [3.8, 4) is 11.2 Å². The fourth-order valence-electron chi connectivity index (χ4n) is 2.39. The topological polar surface area (TPSA) is 0 Å². The van der Waals surface area contributed by atoms with Crippen molar-refractivity contribution >= 4 is 11.8 Å². The van der Waals surface area contributed by atoms with E-state index in [0.717, 1.165) is 5.75 Å². The van der Waals surface area contributed by atoms with Crippen LogP contribution in [0, 0.1) is 38.9 Å². The van der Waals surface area contributed by atoms with Crippen molar-refractivity contribution in [1.82, 2.24) is 0 Å². The van der Waals surface area contributed by atoms with Crippen molar-refractivity contribution in [3.63, 3.8) is 0 Å². The monoisotopic (exact) mass is 338 g/mol. The standard InChI is InChI=1S/C13H16S.C10H14/c1-3-5-12-6-8-13(9-7-12)11-14-10-4-2;1-7-5-9(3)10(4)6-8(7)2/h6-9H,3,5,11H2,1-2H3;5-6H,1-4H3. The molecule has 1 heteroatoms. The molecule has 0 aromatic heterocycles. The lowest BCUT2D eigenvalue weighted by Crippen LogP contribution is -1.86. The minimum absolute atomic E-state index is 0.993. The molecule has 0 aliphatic heterocycles. The smallest absolute Gasteiger partial charge is 0.0308 e. The van der Waals surface area contributed by atoms with Crippen LogP contribution in [0.5, 0.6) is 0 Å². The second-order valence-corrected chi connectivity index (χ2v) is 7.01. The molecule has 0 bridgehead atoms. The summed E-state index contributed by atoms with van der Waals surface area (Å²) in [6.07, 6.45) is 2.40. The van der Waals surface area contributed by atoms with Gasteiger partial charge in [0.15, 0.2) is 0 Å². The van der Waals surface area contributed by atoms with Crippen molar-refractivity contribution in [3.05, 3.63) is 69.8 Å². The Hall–Kier alpha value is -1.65. The Balaban J connectivity index is 0.000000254. The third kappa shape index (κ3) is 7.28. The van der Waals surface area contributed by atoms with Gasteiger partial charge in [-0.25, -0.2) is 0 Å². The molecule has 2 aromatic rings. The van der Waals surface area contributed by atoms with Crippen LogP contribution < -0.4 is 0 Å². The van der Waals surface area contributed by atoms with Gasteiger partial charge in [-0.2, -0.15) is 0 Å². The molecule has 0 spiro atoms. The van der Waals surface area contributed by atoms with E-state index in [-0.39, 0.29) is 0 Å². The molecule has 0 saturated carbocycles. The molecule has 0 nitrogen and oxygen atoms in total. The number of benzene rings is 2. The Morgan fingerprint density at radius 3 is 1.67 bits per heavy atom. The molecule has 0 atom stereocenters. The van der Waals surface area contributed by atoms with E-state index in [1.54, 1.807) is 11.8 Å². The van der Waals surface area contributed by atoms with Crippen molar-refractivity contribution in [2.24, 2.45) is 0 Å². The van der Waals surface area contributed by atoms with Crippen LogP contribution in [0.15, 0.2) is 36.4 Å². The van der Waals surface area contributed by atoms with Crippen molar-refractivity contribution in [1.29, 1.82) is 0 Å². The van der Waals surface area contributed by atoms with E-state index in [1.165, 1.54) is 46.2 Å². The van der Waals surface area contributed by atoms with Gasteiger partial charge >= 0.3 is 0 Å². The lowest BCUT2D eigenvalue weighted by atomic mass is 10.0. The predicted molar refractivity (Wildman–Crippen MR) is 111 cm³/mol. The maximum Gasteiger partial charge on any atom is 0.0308 e. The summed E-state index contributed by atoms with van der Waals surface area (Å²) in [5.41, 5.74) is 8.36. The summed E-state index contributed by atoms with van der Waals surface area (Å²) in [5, 5.41) is 3.00. The second kappa shape index (κ2) is 11.0. The number of rotatable bonds is 4. The fourth-order valence-corrected chi connectivity index (χ4v) is 2.96. The van der Waals surface area contributed by atoms with Crippen LogP contribution in [0.25, 0.3) is 0 Å².